The number of anilines is 2. The number of nitrogens with zero attached hydrogens (tertiary/aromatic N) is 1. The Hall–Kier alpha value is -3.20. The van der Waals surface area contributed by atoms with Gasteiger partial charge in [0.2, 0.25) is 5.91 Å². The fourth-order valence-corrected chi connectivity index (χ4v) is 4.17. The van der Waals surface area contributed by atoms with Gasteiger partial charge in [-0.05, 0) is 50.6 Å². The molecular formula is C20H20FN3O4S. The van der Waals surface area contributed by atoms with Crippen molar-refractivity contribution in [3.05, 3.63) is 70.9 Å². The van der Waals surface area contributed by atoms with Crippen LogP contribution in [0.5, 0.6) is 0 Å². The van der Waals surface area contributed by atoms with Crippen LogP contribution in [0.25, 0.3) is 0 Å². The van der Waals surface area contributed by atoms with E-state index in [2.05, 4.69) is 15.2 Å². The molecule has 1 amide bonds. The highest BCUT2D eigenvalue weighted by Crippen LogP contribution is 2.24. The van der Waals surface area contributed by atoms with Crippen LogP contribution < -0.4 is 10.0 Å². The highest BCUT2D eigenvalue weighted by atomic mass is 32.2. The van der Waals surface area contributed by atoms with Crippen LogP contribution in [-0.4, -0.2) is 19.5 Å². The van der Waals surface area contributed by atoms with Crippen molar-refractivity contribution in [2.45, 2.75) is 32.1 Å². The Morgan fingerprint density at radius 2 is 1.86 bits per heavy atom. The molecule has 0 fully saturated rings. The molecule has 3 rings (SSSR count). The zero-order valence-corrected chi connectivity index (χ0v) is 16.9. The van der Waals surface area contributed by atoms with E-state index in [0.717, 1.165) is 6.07 Å². The summed E-state index contributed by atoms with van der Waals surface area (Å²) in [6, 6.07) is 9.99. The molecule has 0 aliphatic heterocycles. The summed E-state index contributed by atoms with van der Waals surface area (Å²) in [5.41, 5.74) is 1.92. The van der Waals surface area contributed by atoms with Gasteiger partial charge in [0.05, 0.1) is 22.7 Å². The van der Waals surface area contributed by atoms with Gasteiger partial charge in [0, 0.05) is 11.3 Å². The van der Waals surface area contributed by atoms with E-state index in [9.17, 15) is 17.6 Å². The van der Waals surface area contributed by atoms with Gasteiger partial charge in [0.15, 0.2) is 0 Å². The number of aromatic nitrogens is 1. The Bertz CT molecular complexity index is 1150. The molecule has 1 heterocycles. The van der Waals surface area contributed by atoms with Crippen LogP contribution in [-0.2, 0) is 21.2 Å². The van der Waals surface area contributed by atoms with Crippen LogP contribution in [0.3, 0.4) is 0 Å². The normalized spacial score (nSPS) is 11.3. The Morgan fingerprint density at radius 3 is 2.52 bits per heavy atom. The number of rotatable bonds is 6. The standard InChI is InChI=1S/C20H20FN3O4S/c1-12-8-9-15(22-20(25)11-16-13(2)23-28-14(16)3)10-19(12)29(26,27)24-18-7-5-4-6-17(18)21/h4-10,24H,11H2,1-3H3,(H,22,25). The maximum atomic E-state index is 13.8. The van der Waals surface area contributed by atoms with Crippen LogP contribution in [0, 0.1) is 26.6 Å². The van der Waals surface area contributed by atoms with Gasteiger partial charge in [0.25, 0.3) is 10.0 Å². The first-order chi connectivity index (χ1) is 13.7. The van der Waals surface area contributed by atoms with E-state index >= 15 is 0 Å². The van der Waals surface area contributed by atoms with Gasteiger partial charge >= 0.3 is 0 Å². The van der Waals surface area contributed by atoms with Gasteiger partial charge in [0.1, 0.15) is 11.6 Å². The summed E-state index contributed by atoms with van der Waals surface area (Å²) in [5, 5.41) is 6.48. The quantitative estimate of drug-likeness (QED) is 0.637. The molecule has 2 N–H and O–H groups in total. The zero-order valence-electron chi connectivity index (χ0n) is 16.1. The van der Waals surface area contributed by atoms with E-state index in [-0.39, 0.29) is 22.9 Å². The third kappa shape index (κ3) is 4.62. The Kier molecular flexibility index (Phi) is 5.69. The summed E-state index contributed by atoms with van der Waals surface area (Å²) in [6.07, 6.45) is 0.0462. The van der Waals surface area contributed by atoms with Gasteiger partial charge in [-0.2, -0.15) is 0 Å². The minimum absolute atomic E-state index is 0.0462. The maximum Gasteiger partial charge on any atom is 0.262 e. The molecular weight excluding hydrogens is 397 g/mol. The van der Waals surface area contributed by atoms with E-state index in [1.165, 1.54) is 24.3 Å². The van der Waals surface area contributed by atoms with Crippen molar-refractivity contribution < 1.29 is 22.1 Å². The second kappa shape index (κ2) is 8.04. The second-order valence-electron chi connectivity index (χ2n) is 6.59. The van der Waals surface area contributed by atoms with E-state index in [1.54, 1.807) is 32.9 Å². The molecule has 0 radical (unpaired) electrons. The fourth-order valence-electron chi connectivity index (χ4n) is 2.83. The lowest BCUT2D eigenvalue weighted by atomic mass is 10.1. The molecule has 0 aliphatic carbocycles. The molecule has 0 atom stereocenters. The zero-order chi connectivity index (χ0) is 21.2. The number of nitrogens with one attached hydrogen (secondary N) is 2. The smallest absolute Gasteiger partial charge is 0.262 e. The number of para-hydroxylation sites is 1. The number of halogens is 1. The molecule has 0 bridgehead atoms. The summed E-state index contributed by atoms with van der Waals surface area (Å²) in [5.74, 6) is -0.467. The number of hydrogen-bond acceptors (Lipinski definition) is 5. The monoisotopic (exact) mass is 417 g/mol. The average Bonchev–Trinajstić information content (AvgIpc) is 2.97. The fraction of sp³-hybridized carbons (Fsp3) is 0.200. The first-order valence-corrected chi connectivity index (χ1v) is 10.3. The van der Waals surface area contributed by atoms with Crippen molar-refractivity contribution in [2.24, 2.45) is 0 Å². The molecule has 2 aromatic carbocycles. The van der Waals surface area contributed by atoms with Crippen molar-refractivity contribution >= 4 is 27.3 Å². The molecule has 0 spiro atoms. The average molecular weight is 417 g/mol. The van der Waals surface area contributed by atoms with E-state index in [1.807, 2.05) is 0 Å². The number of sulfonamides is 1. The number of amides is 1. The summed E-state index contributed by atoms with van der Waals surface area (Å²) in [4.78, 5) is 12.3. The van der Waals surface area contributed by atoms with E-state index in [4.69, 9.17) is 4.52 Å². The molecule has 1 aromatic heterocycles. The topological polar surface area (TPSA) is 101 Å². The van der Waals surface area contributed by atoms with Gasteiger partial charge < -0.3 is 9.84 Å². The molecule has 3 aromatic rings. The van der Waals surface area contributed by atoms with Crippen molar-refractivity contribution in [1.82, 2.24) is 5.16 Å². The lowest BCUT2D eigenvalue weighted by molar-refractivity contribution is -0.115. The number of benzene rings is 2. The Morgan fingerprint density at radius 1 is 1.14 bits per heavy atom. The minimum Gasteiger partial charge on any atom is -0.361 e. The van der Waals surface area contributed by atoms with Gasteiger partial charge in [-0.1, -0.05) is 23.4 Å². The van der Waals surface area contributed by atoms with Crippen molar-refractivity contribution in [3.8, 4) is 0 Å². The van der Waals surface area contributed by atoms with Crippen LogP contribution in [0.1, 0.15) is 22.6 Å². The molecule has 9 heteroatoms. The Labute approximate surface area is 168 Å². The third-order valence-electron chi connectivity index (χ3n) is 4.40. The van der Waals surface area contributed by atoms with E-state index < -0.39 is 15.8 Å². The van der Waals surface area contributed by atoms with Crippen LogP contribution in [0.15, 0.2) is 51.9 Å². The third-order valence-corrected chi connectivity index (χ3v) is 5.91. The number of hydrogen-bond donors (Lipinski definition) is 2. The van der Waals surface area contributed by atoms with Crippen molar-refractivity contribution in [3.63, 3.8) is 0 Å². The molecule has 0 aliphatic rings. The summed E-state index contributed by atoms with van der Waals surface area (Å²) < 4.78 is 46.6. The van der Waals surface area contributed by atoms with Crippen LogP contribution in [0.2, 0.25) is 0 Å². The lowest BCUT2D eigenvalue weighted by Crippen LogP contribution is -2.18. The van der Waals surface area contributed by atoms with Gasteiger partial charge in [-0.15, -0.1) is 0 Å². The van der Waals surface area contributed by atoms with Crippen molar-refractivity contribution in [2.75, 3.05) is 10.0 Å². The Balaban J connectivity index is 1.82. The van der Waals surface area contributed by atoms with E-state index in [0.29, 0.717) is 28.3 Å². The van der Waals surface area contributed by atoms with Crippen LogP contribution >= 0.6 is 0 Å². The molecule has 0 saturated heterocycles. The van der Waals surface area contributed by atoms with Gasteiger partial charge in [-0.25, -0.2) is 12.8 Å². The molecule has 152 valence electrons. The molecule has 7 nitrogen and oxygen atoms in total. The largest absolute Gasteiger partial charge is 0.361 e. The van der Waals surface area contributed by atoms with Crippen LogP contribution in [0.4, 0.5) is 15.8 Å². The highest BCUT2D eigenvalue weighted by molar-refractivity contribution is 7.92. The summed E-state index contributed by atoms with van der Waals surface area (Å²) in [7, 11) is -4.05. The minimum atomic E-state index is -4.05. The molecule has 0 saturated carbocycles. The lowest BCUT2D eigenvalue weighted by Gasteiger charge is -2.13. The van der Waals surface area contributed by atoms with Crippen molar-refractivity contribution in [1.29, 1.82) is 0 Å². The first-order valence-electron chi connectivity index (χ1n) is 8.77. The summed E-state index contributed by atoms with van der Waals surface area (Å²) in [6.45, 7) is 5.07. The molecule has 29 heavy (non-hydrogen) atoms. The number of carbonyl (C=O) groups excluding carboxylic acids is 1. The first kappa shape index (κ1) is 20.5. The number of carbonyl (C=O) groups is 1. The van der Waals surface area contributed by atoms with Gasteiger partial charge in [-0.3, -0.25) is 9.52 Å². The number of aryl methyl sites for hydroxylation is 3. The highest BCUT2D eigenvalue weighted by Gasteiger charge is 2.20. The predicted octanol–water partition coefficient (Wildman–Crippen LogP) is 3.72. The summed E-state index contributed by atoms with van der Waals surface area (Å²) >= 11 is 0. The second-order valence-corrected chi connectivity index (χ2v) is 8.24. The maximum absolute atomic E-state index is 13.8. The predicted molar refractivity (Wildman–Crippen MR) is 107 cm³/mol. The SMILES string of the molecule is Cc1ccc(NC(=O)Cc2c(C)noc2C)cc1S(=O)(=O)Nc1ccccc1F. The molecule has 0 unspecified atom stereocenters.